The van der Waals surface area contributed by atoms with E-state index in [1.165, 1.54) is 12.8 Å². The van der Waals surface area contributed by atoms with Crippen molar-refractivity contribution in [3.63, 3.8) is 0 Å². The summed E-state index contributed by atoms with van der Waals surface area (Å²) in [5.74, 6) is 0.969. The van der Waals surface area contributed by atoms with Crippen LogP contribution in [0, 0.1) is 6.92 Å². The van der Waals surface area contributed by atoms with E-state index in [1.54, 1.807) is 0 Å². The van der Waals surface area contributed by atoms with Crippen molar-refractivity contribution < 1.29 is 9.47 Å². The summed E-state index contributed by atoms with van der Waals surface area (Å²) in [7, 11) is 0. The van der Waals surface area contributed by atoms with Gasteiger partial charge in [0.15, 0.2) is 0 Å². The zero-order chi connectivity index (χ0) is 13.7. The minimum absolute atomic E-state index is 0.0762. The summed E-state index contributed by atoms with van der Waals surface area (Å²) in [6.07, 6.45) is 5.05. The van der Waals surface area contributed by atoms with Crippen molar-refractivity contribution in [3.05, 3.63) is 29.3 Å². The highest BCUT2D eigenvalue weighted by molar-refractivity contribution is 5.37. The Hall–Kier alpha value is -1.06. The highest BCUT2D eigenvalue weighted by Crippen LogP contribution is 2.22. The molecule has 19 heavy (non-hydrogen) atoms. The van der Waals surface area contributed by atoms with Gasteiger partial charge >= 0.3 is 0 Å². The van der Waals surface area contributed by atoms with Gasteiger partial charge in [0.05, 0.1) is 12.7 Å². The smallest absolute Gasteiger partial charge is 0.122 e. The molecule has 0 aliphatic carbocycles. The van der Waals surface area contributed by atoms with E-state index in [1.807, 2.05) is 19.1 Å². The molecule has 1 aliphatic rings. The van der Waals surface area contributed by atoms with Crippen LogP contribution in [0.5, 0.6) is 5.75 Å². The first-order chi connectivity index (χ1) is 9.16. The molecular weight excluding hydrogens is 238 g/mol. The number of aryl methyl sites for hydroxylation is 1. The topological polar surface area (TPSA) is 44.5 Å². The van der Waals surface area contributed by atoms with Crippen LogP contribution >= 0.6 is 0 Å². The van der Waals surface area contributed by atoms with Crippen LogP contribution in [-0.2, 0) is 4.74 Å². The largest absolute Gasteiger partial charge is 0.493 e. The summed E-state index contributed by atoms with van der Waals surface area (Å²) in [4.78, 5) is 0. The zero-order valence-electron chi connectivity index (χ0n) is 12.0. The van der Waals surface area contributed by atoms with E-state index < -0.39 is 0 Å². The third kappa shape index (κ3) is 4.22. The second kappa shape index (κ2) is 6.92. The molecule has 0 amide bonds. The molecule has 1 aliphatic heterocycles. The van der Waals surface area contributed by atoms with Crippen LogP contribution in [0.4, 0.5) is 0 Å². The molecular formula is C16H25NO2. The second-order valence-corrected chi connectivity index (χ2v) is 5.44. The van der Waals surface area contributed by atoms with Gasteiger partial charge in [0.1, 0.15) is 5.75 Å². The molecule has 0 saturated carbocycles. The van der Waals surface area contributed by atoms with Crippen LogP contribution in [0.25, 0.3) is 0 Å². The van der Waals surface area contributed by atoms with Gasteiger partial charge in [-0.25, -0.2) is 0 Å². The van der Waals surface area contributed by atoms with Gasteiger partial charge in [-0.15, -0.1) is 0 Å². The maximum absolute atomic E-state index is 5.87. The number of hydrogen-bond acceptors (Lipinski definition) is 3. The lowest BCUT2D eigenvalue weighted by atomic mass is 10.1. The van der Waals surface area contributed by atoms with Crippen LogP contribution < -0.4 is 10.5 Å². The summed E-state index contributed by atoms with van der Waals surface area (Å²) in [5.41, 5.74) is 8.19. The lowest BCUT2D eigenvalue weighted by Crippen LogP contribution is -2.08. The Bertz CT molecular complexity index is 398. The van der Waals surface area contributed by atoms with Gasteiger partial charge in [-0.2, -0.15) is 0 Å². The number of rotatable bonds is 6. The number of hydrogen-bond donors (Lipinski definition) is 1. The van der Waals surface area contributed by atoms with Crippen molar-refractivity contribution in [2.75, 3.05) is 13.2 Å². The van der Waals surface area contributed by atoms with E-state index in [0.29, 0.717) is 6.10 Å². The molecule has 1 saturated heterocycles. The van der Waals surface area contributed by atoms with Gasteiger partial charge in [0.25, 0.3) is 0 Å². The van der Waals surface area contributed by atoms with Crippen LogP contribution in [-0.4, -0.2) is 19.3 Å². The van der Waals surface area contributed by atoms with Gasteiger partial charge in [0, 0.05) is 12.6 Å². The minimum Gasteiger partial charge on any atom is -0.493 e. The van der Waals surface area contributed by atoms with Crippen molar-refractivity contribution in [2.45, 2.75) is 51.7 Å². The van der Waals surface area contributed by atoms with E-state index in [2.05, 4.69) is 13.0 Å². The van der Waals surface area contributed by atoms with Gasteiger partial charge in [-0.1, -0.05) is 12.1 Å². The Labute approximate surface area is 116 Å². The molecule has 1 aromatic rings. The van der Waals surface area contributed by atoms with E-state index in [4.69, 9.17) is 15.2 Å². The predicted molar refractivity (Wildman–Crippen MR) is 77.5 cm³/mol. The van der Waals surface area contributed by atoms with Crippen molar-refractivity contribution in [2.24, 2.45) is 5.73 Å². The van der Waals surface area contributed by atoms with Crippen LogP contribution in [0.15, 0.2) is 18.2 Å². The summed E-state index contributed by atoms with van der Waals surface area (Å²) in [6, 6.07) is 6.26. The molecule has 3 heteroatoms. The Kier molecular flexibility index (Phi) is 5.23. The van der Waals surface area contributed by atoms with Crippen molar-refractivity contribution in [1.82, 2.24) is 0 Å². The third-order valence-electron chi connectivity index (χ3n) is 3.68. The molecule has 106 valence electrons. The van der Waals surface area contributed by atoms with Gasteiger partial charge in [-0.3, -0.25) is 0 Å². The first kappa shape index (κ1) is 14.4. The fourth-order valence-corrected chi connectivity index (χ4v) is 2.48. The van der Waals surface area contributed by atoms with Gasteiger partial charge in [-0.05, 0) is 56.7 Å². The second-order valence-electron chi connectivity index (χ2n) is 5.44. The van der Waals surface area contributed by atoms with E-state index in [-0.39, 0.29) is 6.04 Å². The number of nitrogens with two attached hydrogens (primary N) is 1. The molecule has 0 aromatic heterocycles. The van der Waals surface area contributed by atoms with Crippen LogP contribution in [0.2, 0.25) is 0 Å². The minimum atomic E-state index is 0.0762. The van der Waals surface area contributed by atoms with Crippen molar-refractivity contribution in [3.8, 4) is 5.75 Å². The first-order valence-corrected chi connectivity index (χ1v) is 7.27. The average molecular weight is 263 g/mol. The lowest BCUT2D eigenvalue weighted by Gasteiger charge is -2.13. The Morgan fingerprint density at radius 3 is 2.95 bits per heavy atom. The SMILES string of the molecule is Cc1cc([C@H](C)N)ccc1OCCCC1CCCO1. The monoisotopic (exact) mass is 263 g/mol. The lowest BCUT2D eigenvalue weighted by molar-refractivity contribution is 0.0981. The Balaban J connectivity index is 1.76. The molecule has 0 radical (unpaired) electrons. The summed E-state index contributed by atoms with van der Waals surface area (Å²) in [5, 5.41) is 0. The van der Waals surface area contributed by atoms with Crippen LogP contribution in [0.3, 0.4) is 0 Å². The molecule has 1 heterocycles. The maximum Gasteiger partial charge on any atom is 0.122 e. The zero-order valence-corrected chi connectivity index (χ0v) is 12.0. The molecule has 0 bridgehead atoms. The normalized spacial score (nSPS) is 20.5. The van der Waals surface area contributed by atoms with E-state index >= 15 is 0 Å². The molecule has 2 N–H and O–H groups in total. The molecule has 1 aromatic carbocycles. The Morgan fingerprint density at radius 2 is 2.32 bits per heavy atom. The van der Waals surface area contributed by atoms with Crippen LogP contribution in [0.1, 0.15) is 49.8 Å². The fourth-order valence-electron chi connectivity index (χ4n) is 2.48. The highest BCUT2D eigenvalue weighted by atomic mass is 16.5. The molecule has 1 unspecified atom stereocenters. The van der Waals surface area contributed by atoms with Crippen molar-refractivity contribution in [1.29, 1.82) is 0 Å². The van der Waals surface area contributed by atoms with E-state index in [0.717, 1.165) is 42.9 Å². The molecule has 1 fully saturated rings. The molecule has 3 nitrogen and oxygen atoms in total. The summed E-state index contributed by atoms with van der Waals surface area (Å²) < 4.78 is 11.4. The fraction of sp³-hybridized carbons (Fsp3) is 0.625. The molecule has 0 spiro atoms. The first-order valence-electron chi connectivity index (χ1n) is 7.27. The number of ether oxygens (including phenoxy) is 2. The molecule has 2 atom stereocenters. The number of benzene rings is 1. The molecule has 2 rings (SSSR count). The van der Waals surface area contributed by atoms with Gasteiger partial charge in [0.2, 0.25) is 0 Å². The Morgan fingerprint density at radius 1 is 1.47 bits per heavy atom. The average Bonchev–Trinajstić information content (AvgIpc) is 2.89. The summed E-state index contributed by atoms with van der Waals surface area (Å²) >= 11 is 0. The standard InChI is InChI=1S/C16H25NO2/c1-12-11-14(13(2)17)7-8-16(12)19-10-4-6-15-5-3-9-18-15/h7-8,11,13,15H,3-6,9-10,17H2,1-2H3/t13-,15?/m0/s1. The van der Waals surface area contributed by atoms with Crippen molar-refractivity contribution >= 4 is 0 Å². The quantitative estimate of drug-likeness (QED) is 0.800. The highest BCUT2D eigenvalue weighted by Gasteiger charge is 2.14. The maximum atomic E-state index is 5.87. The predicted octanol–water partition coefficient (Wildman–Crippen LogP) is 3.35. The third-order valence-corrected chi connectivity index (χ3v) is 3.68. The van der Waals surface area contributed by atoms with Gasteiger partial charge < -0.3 is 15.2 Å². The summed E-state index contributed by atoms with van der Waals surface area (Å²) in [6.45, 7) is 5.76. The van der Waals surface area contributed by atoms with E-state index in [9.17, 15) is 0 Å².